The molecular formula is C11H13ClN4O4. The number of aromatic nitrogens is 1. The summed E-state index contributed by atoms with van der Waals surface area (Å²) in [4.78, 5) is 36.0. The number of unbranched alkanes of at least 4 members (excludes halogenated alkanes) is 1. The molecule has 9 heteroatoms. The molecular weight excluding hydrogens is 288 g/mol. The maximum atomic E-state index is 11.8. The van der Waals surface area contributed by atoms with E-state index in [4.69, 9.17) is 17.3 Å². The van der Waals surface area contributed by atoms with E-state index in [-0.39, 0.29) is 23.7 Å². The highest BCUT2D eigenvalue weighted by Gasteiger charge is 2.20. The summed E-state index contributed by atoms with van der Waals surface area (Å²) in [6.07, 6.45) is 2.25. The van der Waals surface area contributed by atoms with E-state index < -0.39 is 22.4 Å². The molecule has 0 aromatic carbocycles. The van der Waals surface area contributed by atoms with Crippen molar-refractivity contribution in [2.24, 2.45) is 5.73 Å². The molecule has 108 valence electrons. The molecule has 20 heavy (non-hydrogen) atoms. The molecule has 0 aliphatic carbocycles. The Balaban J connectivity index is 2.61. The zero-order chi connectivity index (χ0) is 15.1. The van der Waals surface area contributed by atoms with Crippen LogP contribution in [-0.2, 0) is 4.79 Å². The maximum absolute atomic E-state index is 11.8. The maximum Gasteiger partial charge on any atom is 0.300 e. The van der Waals surface area contributed by atoms with Crippen LogP contribution < -0.4 is 11.1 Å². The molecule has 0 atom stereocenters. The third kappa shape index (κ3) is 4.81. The summed E-state index contributed by atoms with van der Waals surface area (Å²) < 4.78 is 0. The summed E-state index contributed by atoms with van der Waals surface area (Å²) in [6, 6.07) is 1.14. The van der Waals surface area contributed by atoms with Crippen LogP contribution in [0.3, 0.4) is 0 Å². The Kier molecular flexibility index (Phi) is 5.85. The van der Waals surface area contributed by atoms with Gasteiger partial charge in [0.15, 0.2) is 0 Å². The highest BCUT2D eigenvalue weighted by Crippen LogP contribution is 2.20. The topological polar surface area (TPSA) is 128 Å². The Morgan fingerprint density at radius 3 is 2.75 bits per heavy atom. The first kappa shape index (κ1) is 15.8. The number of amides is 2. The number of hydrogen-bond acceptors (Lipinski definition) is 5. The van der Waals surface area contributed by atoms with Crippen molar-refractivity contribution in [3.05, 3.63) is 33.1 Å². The number of nitrogens with one attached hydrogen (secondary N) is 1. The van der Waals surface area contributed by atoms with Crippen molar-refractivity contribution in [3.63, 3.8) is 0 Å². The van der Waals surface area contributed by atoms with Crippen LogP contribution in [0.4, 0.5) is 5.69 Å². The van der Waals surface area contributed by atoms with Crippen LogP contribution in [0.15, 0.2) is 12.3 Å². The molecule has 0 unspecified atom stereocenters. The minimum absolute atomic E-state index is 0.00511. The van der Waals surface area contributed by atoms with Crippen molar-refractivity contribution >= 4 is 29.1 Å². The van der Waals surface area contributed by atoms with Crippen LogP contribution in [0.1, 0.15) is 29.6 Å². The lowest BCUT2D eigenvalue weighted by Gasteiger charge is -2.05. The summed E-state index contributed by atoms with van der Waals surface area (Å²) in [5, 5.41) is 13.3. The number of carbonyl (C=O) groups excluding carboxylic acids is 2. The average molecular weight is 301 g/mol. The molecule has 3 N–H and O–H groups in total. The largest absolute Gasteiger partial charge is 0.370 e. The minimum atomic E-state index is -0.703. The molecule has 1 aromatic rings. The molecule has 0 aliphatic heterocycles. The molecule has 0 fully saturated rings. The summed E-state index contributed by atoms with van der Waals surface area (Å²) in [5.41, 5.74) is 4.41. The fraction of sp³-hybridized carbons (Fsp3) is 0.364. The predicted molar refractivity (Wildman–Crippen MR) is 71.3 cm³/mol. The summed E-state index contributed by atoms with van der Waals surface area (Å²) in [5.74, 6) is -1.02. The smallest absolute Gasteiger partial charge is 0.300 e. The van der Waals surface area contributed by atoms with Gasteiger partial charge in [-0.3, -0.25) is 19.7 Å². The molecule has 0 bridgehead atoms. The quantitative estimate of drug-likeness (QED) is 0.336. The fourth-order valence-corrected chi connectivity index (χ4v) is 1.63. The molecule has 0 spiro atoms. The molecule has 1 rings (SSSR count). The van der Waals surface area contributed by atoms with Crippen molar-refractivity contribution in [1.29, 1.82) is 0 Å². The Morgan fingerprint density at radius 2 is 2.15 bits per heavy atom. The monoisotopic (exact) mass is 300 g/mol. The normalized spacial score (nSPS) is 10.1. The second-order valence-corrected chi connectivity index (χ2v) is 4.35. The van der Waals surface area contributed by atoms with E-state index in [1.807, 2.05) is 0 Å². The SMILES string of the molecule is NC(=O)CCCCNC(=O)c1cc(Cl)ncc1[N+](=O)[O-]. The van der Waals surface area contributed by atoms with Gasteiger partial charge in [-0.25, -0.2) is 4.98 Å². The molecule has 1 heterocycles. The van der Waals surface area contributed by atoms with E-state index in [9.17, 15) is 19.7 Å². The van der Waals surface area contributed by atoms with Crippen LogP contribution in [0, 0.1) is 10.1 Å². The molecule has 2 amide bonds. The highest BCUT2D eigenvalue weighted by atomic mass is 35.5. The lowest BCUT2D eigenvalue weighted by Crippen LogP contribution is -2.25. The summed E-state index contributed by atoms with van der Waals surface area (Å²) in [6.45, 7) is 0.281. The highest BCUT2D eigenvalue weighted by molar-refractivity contribution is 6.29. The number of carbonyl (C=O) groups is 2. The number of hydrogen-bond donors (Lipinski definition) is 2. The van der Waals surface area contributed by atoms with Gasteiger partial charge in [0.05, 0.1) is 4.92 Å². The van der Waals surface area contributed by atoms with Crippen LogP contribution in [-0.4, -0.2) is 28.3 Å². The second kappa shape index (κ2) is 7.39. The first-order chi connectivity index (χ1) is 9.41. The molecule has 0 radical (unpaired) electrons. The zero-order valence-corrected chi connectivity index (χ0v) is 11.2. The van der Waals surface area contributed by atoms with Crippen LogP contribution in [0.2, 0.25) is 5.15 Å². The van der Waals surface area contributed by atoms with Gasteiger partial charge in [0.2, 0.25) is 5.91 Å². The zero-order valence-electron chi connectivity index (χ0n) is 10.5. The number of nitro groups is 1. The number of pyridine rings is 1. The van der Waals surface area contributed by atoms with Gasteiger partial charge in [0, 0.05) is 13.0 Å². The fourth-order valence-electron chi connectivity index (χ4n) is 1.47. The first-order valence-electron chi connectivity index (χ1n) is 5.78. The predicted octanol–water partition coefficient (Wildman–Crippen LogP) is 1.03. The Hall–Kier alpha value is -2.22. The summed E-state index contributed by atoms with van der Waals surface area (Å²) >= 11 is 5.62. The molecule has 0 aliphatic rings. The van der Waals surface area contributed by atoms with Crippen molar-refractivity contribution in [3.8, 4) is 0 Å². The molecule has 0 saturated heterocycles. The standard InChI is InChI=1S/C11H13ClN4O4/c12-9-5-7(8(6-15-9)16(19)20)11(18)14-4-2-1-3-10(13)17/h5-6H,1-4H2,(H2,13,17)(H,14,18). The number of halogens is 1. The second-order valence-electron chi connectivity index (χ2n) is 3.96. The van der Waals surface area contributed by atoms with Crippen molar-refractivity contribution in [2.45, 2.75) is 19.3 Å². The van der Waals surface area contributed by atoms with Gasteiger partial charge in [-0.05, 0) is 18.9 Å². The van der Waals surface area contributed by atoms with Gasteiger partial charge in [0.1, 0.15) is 16.9 Å². The van der Waals surface area contributed by atoms with Crippen molar-refractivity contribution < 1.29 is 14.5 Å². The van der Waals surface area contributed by atoms with Gasteiger partial charge >= 0.3 is 0 Å². The molecule has 0 saturated carbocycles. The van der Waals surface area contributed by atoms with E-state index in [1.54, 1.807) is 0 Å². The first-order valence-corrected chi connectivity index (χ1v) is 6.16. The molecule has 8 nitrogen and oxygen atoms in total. The van der Waals surface area contributed by atoms with Gasteiger partial charge in [-0.15, -0.1) is 0 Å². The van der Waals surface area contributed by atoms with Gasteiger partial charge in [-0.1, -0.05) is 11.6 Å². The van der Waals surface area contributed by atoms with Crippen LogP contribution in [0.5, 0.6) is 0 Å². The van der Waals surface area contributed by atoms with E-state index in [1.165, 1.54) is 0 Å². The van der Waals surface area contributed by atoms with Gasteiger partial charge in [-0.2, -0.15) is 0 Å². The Morgan fingerprint density at radius 1 is 1.45 bits per heavy atom. The number of nitrogens with two attached hydrogens (primary N) is 1. The molecule has 1 aromatic heterocycles. The third-order valence-electron chi connectivity index (χ3n) is 2.43. The minimum Gasteiger partial charge on any atom is -0.370 e. The summed E-state index contributed by atoms with van der Waals surface area (Å²) in [7, 11) is 0. The van der Waals surface area contributed by atoms with E-state index >= 15 is 0 Å². The van der Waals surface area contributed by atoms with Crippen molar-refractivity contribution in [1.82, 2.24) is 10.3 Å². The van der Waals surface area contributed by atoms with E-state index in [2.05, 4.69) is 10.3 Å². The number of nitrogens with zero attached hydrogens (tertiary/aromatic N) is 2. The van der Waals surface area contributed by atoms with E-state index in [0.717, 1.165) is 12.3 Å². The van der Waals surface area contributed by atoms with Crippen LogP contribution in [0.25, 0.3) is 0 Å². The average Bonchev–Trinajstić information content (AvgIpc) is 2.37. The lowest BCUT2D eigenvalue weighted by atomic mass is 10.2. The van der Waals surface area contributed by atoms with Gasteiger partial charge in [0.25, 0.3) is 11.6 Å². The number of primary amides is 1. The number of rotatable bonds is 7. The third-order valence-corrected chi connectivity index (χ3v) is 2.63. The van der Waals surface area contributed by atoms with Crippen LogP contribution >= 0.6 is 11.6 Å². The Bertz CT molecular complexity index is 535. The van der Waals surface area contributed by atoms with Gasteiger partial charge < -0.3 is 11.1 Å². The Labute approximate surface area is 119 Å². The lowest BCUT2D eigenvalue weighted by molar-refractivity contribution is -0.385. The van der Waals surface area contributed by atoms with Crippen molar-refractivity contribution in [2.75, 3.05) is 6.54 Å². The van der Waals surface area contributed by atoms with E-state index in [0.29, 0.717) is 12.8 Å².